The topological polar surface area (TPSA) is 85.1 Å². The molecule has 1 heterocycles. The van der Waals surface area contributed by atoms with Gasteiger partial charge in [-0.2, -0.15) is 0 Å². The summed E-state index contributed by atoms with van der Waals surface area (Å²) < 4.78 is 0. The van der Waals surface area contributed by atoms with E-state index in [1.54, 1.807) is 24.3 Å². The number of nitrogens with one attached hydrogen (secondary N) is 1. The summed E-state index contributed by atoms with van der Waals surface area (Å²) in [6.45, 7) is 1.45. The zero-order chi connectivity index (χ0) is 13.8. The van der Waals surface area contributed by atoms with Gasteiger partial charge in [-0.15, -0.1) is 0 Å². The Hall–Kier alpha value is -2.69. The maximum Gasteiger partial charge on any atom is 0.257 e. The number of hydrogen-bond acceptors (Lipinski definition) is 4. The third kappa shape index (κ3) is 2.95. The van der Waals surface area contributed by atoms with E-state index >= 15 is 0 Å². The second-order valence-corrected chi connectivity index (χ2v) is 4.06. The van der Waals surface area contributed by atoms with Crippen LogP contribution in [-0.2, 0) is 0 Å². The van der Waals surface area contributed by atoms with E-state index in [0.717, 1.165) is 0 Å². The lowest BCUT2D eigenvalue weighted by Gasteiger charge is -2.09. The van der Waals surface area contributed by atoms with E-state index in [2.05, 4.69) is 10.3 Å². The van der Waals surface area contributed by atoms with Gasteiger partial charge in [0, 0.05) is 18.0 Å². The van der Waals surface area contributed by atoms with Gasteiger partial charge >= 0.3 is 0 Å². The lowest BCUT2D eigenvalue weighted by Crippen LogP contribution is -2.14. The average Bonchev–Trinajstić information content (AvgIpc) is 2.39. The van der Waals surface area contributed by atoms with Gasteiger partial charge in [0.15, 0.2) is 5.78 Å². The van der Waals surface area contributed by atoms with Gasteiger partial charge in [-0.05, 0) is 25.1 Å². The SMILES string of the molecule is CC(=O)c1ccccc1NC(=O)c1cncc(N)c1. The normalized spacial score (nSPS) is 9.95. The number of aromatic nitrogens is 1. The fourth-order valence-corrected chi connectivity index (χ4v) is 1.68. The highest BCUT2D eigenvalue weighted by molar-refractivity contribution is 6.09. The molecule has 1 amide bonds. The van der Waals surface area contributed by atoms with Crippen molar-refractivity contribution in [1.29, 1.82) is 0 Å². The van der Waals surface area contributed by atoms with Crippen molar-refractivity contribution < 1.29 is 9.59 Å². The quantitative estimate of drug-likeness (QED) is 0.822. The Balaban J connectivity index is 2.27. The number of rotatable bonds is 3. The Kier molecular flexibility index (Phi) is 3.56. The first-order valence-corrected chi connectivity index (χ1v) is 5.70. The van der Waals surface area contributed by atoms with Gasteiger partial charge < -0.3 is 11.1 Å². The number of para-hydroxylation sites is 1. The first kappa shape index (κ1) is 12.8. The summed E-state index contributed by atoms with van der Waals surface area (Å²) >= 11 is 0. The lowest BCUT2D eigenvalue weighted by atomic mass is 10.1. The molecule has 0 fully saturated rings. The highest BCUT2D eigenvalue weighted by Crippen LogP contribution is 2.17. The van der Waals surface area contributed by atoms with Gasteiger partial charge in [0.05, 0.1) is 16.9 Å². The molecule has 0 aliphatic carbocycles. The molecule has 96 valence electrons. The summed E-state index contributed by atoms with van der Waals surface area (Å²) in [5.41, 5.74) is 7.27. The number of carbonyl (C=O) groups is 2. The molecule has 0 spiro atoms. The summed E-state index contributed by atoms with van der Waals surface area (Å²) in [5.74, 6) is -0.463. The van der Waals surface area contributed by atoms with E-state index < -0.39 is 0 Å². The predicted molar refractivity (Wildman–Crippen MR) is 73.0 cm³/mol. The largest absolute Gasteiger partial charge is 0.397 e. The van der Waals surface area contributed by atoms with Gasteiger partial charge in [-0.3, -0.25) is 14.6 Å². The molecule has 1 aromatic carbocycles. The summed E-state index contributed by atoms with van der Waals surface area (Å²) in [6.07, 6.45) is 2.88. The van der Waals surface area contributed by atoms with E-state index in [-0.39, 0.29) is 11.7 Å². The molecular weight excluding hydrogens is 242 g/mol. The molecule has 0 saturated carbocycles. The van der Waals surface area contributed by atoms with Crippen molar-refractivity contribution in [3.05, 3.63) is 53.9 Å². The Bertz CT molecular complexity index is 638. The number of pyridine rings is 1. The number of ketones is 1. The van der Waals surface area contributed by atoms with Crippen LogP contribution in [0.5, 0.6) is 0 Å². The van der Waals surface area contributed by atoms with Gasteiger partial charge in [0.2, 0.25) is 0 Å². The maximum absolute atomic E-state index is 12.0. The van der Waals surface area contributed by atoms with Crippen LogP contribution in [0.25, 0.3) is 0 Å². The molecule has 19 heavy (non-hydrogen) atoms. The molecule has 0 aliphatic rings. The summed E-state index contributed by atoms with van der Waals surface area (Å²) in [7, 11) is 0. The highest BCUT2D eigenvalue weighted by atomic mass is 16.1. The molecule has 0 saturated heterocycles. The minimum absolute atomic E-state index is 0.110. The molecule has 0 bridgehead atoms. The van der Waals surface area contributed by atoms with Crippen LogP contribution in [0.3, 0.4) is 0 Å². The van der Waals surface area contributed by atoms with Crippen LogP contribution in [0.4, 0.5) is 11.4 Å². The molecule has 2 rings (SSSR count). The molecule has 0 unspecified atom stereocenters. The van der Waals surface area contributed by atoms with Crippen molar-refractivity contribution in [3.8, 4) is 0 Å². The van der Waals surface area contributed by atoms with Crippen molar-refractivity contribution in [3.63, 3.8) is 0 Å². The monoisotopic (exact) mass is 255 g/mol. The molecule has 0 aliphatic heterocycles. The summed E-state index contributed by atoms with van der Waals surface area (Å²) in [6, 6.07) is 8.36. The Morgan fingerprint density at radius 2 is 1.95 bits per heavy atom. The fourth-order valence-electron chi connectivity index (χ4n) is 1.68. The van der Waals surface area contributed by atoms with Crippen molar-refractivity contribution in [2.45, 2.75) is 6.92 Å². The summed E-state index contributed by atoms with van der Waals surface area (Å²) in [5, 5.41) is 2.68. The van der Waals surface area contributed by atoms with Crippen molar-refractivity contribution in [1.82, 2.24) is 4.98 Å². The van der Waals surface area contributed by atoms with Gasteiger partial charge in [0.25, 0.3) is 5.91 Å². The van der Waals surface area contributed by atoms with Crippen LogP contribution in [0.2, 0.25) is 0 Å². The van der Waals surface area contributed by atoms with Crippen molar-refractivity contribution >= 4 is 23.1 Å². The van der Waals surface area contributed by atoms with E-state index in [1.165, 1.54) is 25.4 Å². The van der Waals surface area contributed by atoms with Crippen LogP contribution < -0.4 is 11.1 Å². The zero-order valence-corrected chi connectivity index (χ0v) is 10.4. The maximum atomic E-state index is 12.0. The minimum Gasteiger partial charge on any atom is -0.397 e. The van der Waals surface area contributed by atoms with E-state index in [4.69, 9.17) is 5.73 Å². The molecule has 0 atom stereocenters. The molecular formula is C14H13N3O2. The number of nitrogens with zero attached hydrogens (tertiary/aromatic N) is 1. The Morgan fingerprint density at radius 3 is 2.63 bits per heavy atom. The predicted octanol–water partition coefficient (Wildman–Crippen LogP) is 2.12. The first-order chi connectivity index (χ1) is 9.08. The smallest absolute Gasteiger partial charge is 0.257 e. The third-order valence-electron chi connectivity index (χ3n) is 2.58. The number of amides is 1. The van der Waals surface area contributed by atoms with E-state index in [0.29, 0.717) is 22.5 Å². The summed E-state index contributed by atoms with van der Waals surface area (Å²) in [4.78, 5) is 27.3. The first-order valence-electron chi connectivity index (χ1n) is 5.70. The zero-order valence-electron chi connectivity index (χ0n) is 10.4. The molecule has 5 heteroatoms. The van der Waals surface area contributed by atoms with Crippen LogP contribution in [-0.4, -0.2) is 16.7 Å². The molecule has 0 radical (unpaired) electrons. The second-order valence-electron chi connectivity index (χ2n) is 4.06. The highest BCUT2D eigenvalue weighted by Gasteiger charge is 2.11. The van der Waals surface area contributed by atoms with Crippen LogP contribution in [0, 0.1) is 0 Å². The van der Waals surface area contributed by atoms with Gasteiger partial charge in [0.1, 0.15) is 0 Å². The second kappa shape index (κ2) is 5.30. The van der Waals surface area contributed by atoms with Gasteiger partial charge in [-0.1, -0.05) is 12.1 Å². The minimum atomic E-state index is -0.353. The molecule has 2 aromatic rings. The van der Waals surface area contributed by atoms with Crippen molar-refractivity contribution in [2.24, 2.45) is 0 Å². The average molecular weight is 255 g/mol. The number of anilines is 2. The standard InChI is InChI=1S/C14H13N3O2/c1-9(18)12-4-2-3-5-13(12)17-14(19)10-6-11(15)8-16-7-10/h2-8H,15H2,1H3,(H,17,19). The number of nitrogens with two attached hydrogens (primary N) is 1. The van der Waals surface area contributed by atoms with Crippen LogP contribution in [0.1, 0.15) is 27.6 Å². The number of hydrogen-bond donors (Lipinski definition) is 2. The van der Waals surface area contributed by atoms with Crippen molar-refractivity contribution in [2.75, 3.05) is 11.1 Å². The number of benzene rings is 1. The van der Waals surface area contributed by atoms with Crippen LogP contribution >= 0.6 is 0 Å². The van der Waals surface area contributed by atoms with E-state index in [1.807, 2.05) is 0 Å². The van der Waals surface area contributed by atoms with Gasteiger partial charge in [-0.25, -0.2) is 0 Å². The third-order valence-corrected chi connectivity index (χ3v) is 2.58. The lowest BCUT2D eigenvalue weighted by molar-refractivity contribution is 0.101. The number of Topliss-reactive ketones (excluding diaryl/α,β-unsaturated/α-hetero) is 1. The Labute approximate surface area is 110 Å². The number of carbonyl (C=O) groups excluding carboxylic acids is 2. The fraction of sp³-hybridized carbons (Fsp3) is 0.0714. The molecule has 5 nitrogen and oxygen atoms in total. The Morgan fingerprint density at radius 1 is 1.21 bits per heavy atom. The van der Waals surface area contributed by atoms with Crippen LogP contribution in [0.15, 0.2) is 42.7 Å². The van der Waals surface area contributed by atoms with E-state index in [9.17, 15) is 9.59 Å². The molecule has 1 aromatic heterocycles. The molecule has 3 N–H and O–H groups in total. The number of nitrogen functional groups attached to an aromatic ring is 1.